The summed E-state index contributed by atoms with van der Waals surface area (Å²) in [5.41, 5.74) is 1.74. The molecule has 0 fully saturated rings. The number of aromatic nitrogens is 2. The third-order valence-corrected chi connectivity index (χ3v) is 3.56. The van der Waals surface area contributed by atoms with E-state index in [0.717, 1.165) is 4.88 Å². The first-order valence-electron chi connectivity index (χ1n) is 5.95. The summed E-state index contributed by atoms with van der Waals surface area (Å²) >= 11 is 1.57. The highest BCUT2D eigenvalue weighted by atomic mass is 32.1. The molecule has 3 aromatic rings. The van der Waals surface area contributed by atoms with Crippen LogP contribution < -0.4 is 11.0 Å². The number of carbonyl (C=O) groups is 1. The van der Waals surface area contributed by atoms with E-state index >= 15 is 0 Å². The number of imidazole rings is 1. The van der Waals surface area contributed by atoms with Gasteiger partial charge in [-0.1, -0.05) is 6.07 Å². The fourth-order valence-electron chi connectivity index (χ4n) is 1.84. The van der Waals surface area contributed by atoms with Crippen LogP contribution in [0.2, 0.25) is 0 Å². The number of H-pyrrole nitrogens is 2. The van der Waals surface area contributed by atoms with Crippen LogP contribution in [0.1, 0.15) is 4.88 Å². The number of aromatic amines is 2. The van der Waals surface area contributed by atoms with Crippen molar-refractivity contribution in [1.29, 1.82) is 0 Å². The van der Waals surface area contributed by atoms with Gasteiger partial charge in [-0.25, -0.2) is 4.79 Å². The van der Waals surface area contributed by atoms with Gasteiger partial charge in [0.15, 0.2) is 0 Å². The van der Waals surface area contributed by atoms with Gasteiger partial charge in [-0.3, -0.25) is 4.79 Å². The Morgan fingerprint density at radius 3 is 2.85 bits per heavy atom. The third kappa shape index (κ3) is 2.70. The smallest absolute Gasteiger partial charge is 0.322 e. The third-order valence-electron chi connectivity index (χ3n) is 2.73. The number of hydrogen-bond acceptors (Lipinski definition) is 3. The van der Waals surface area contributed by atoms with Crippen molar-refractivity contribution >= 4 is 40.0 Å². The second-order valence-electron chi connectivity index (χ2n) is 4.18. The molecule has 2 aromatic heterocycles. The summed E-state index contributed by atoms with van der Waals surface area (Å²) in [6.45, 7) is 0. The van der Waals surface area contributed by atoms with Crippen LogP contribution in [0.3, 0.4) is 0 Å². The second-order valence-corrected chi connectivity index (χ2v) is 5.16. The number of rotatable bonds is 3. The molecule has 1 amide bonds. The summed E-state index contributed by atoms with van der Waals surface area (Å²) in [7, 11) is 0. The summed E-state index contributed by atoms with van der Waals surface area (Å²) in [6.07, 6.45) is 3.24. The molecule has 0 saturated heterocycles. The Bertz CT molecular complexity index is 828. The standard InChI is InChI=1S/C14H11N3O2S/c18-13(6-4-10-2-1-7-20-10)15-9-3-5-11-12(8-9)17-14(19)16-11/h1-8H,(H,15,18)(H2,16,17,19)/b6-4+. The predicted octanol–water partition coefficient (Wildman–Crippen LogP) is 2.57. The maximum Gasteiger partial charge on any atom is 0.323 e. The molecule has 0 spiro atoms. The normalized spacial score (nSPS) is 11.2. The molecule has 2 heterocycles. The van der Waals surface area contributed by atoms with Gasteiger partial charge in [0.2, 0.25) is 5.91 Å². The van der Waals surface area contributed by atoms with Gasteiger partial charge in [0.25, 0.3) is 0 Å². The molecule has 20 heavy (non-hydrogen) atoms. The van der Waals surface area contributed by atoms with Gasteiger partial charge in [0.05, 0.1) is 11.0 Å². The molecule has 0 bridgehead atoms. The lowest BCUT2D eigenvalue weighted by Gasteiger charge is -2.01. The van der Waals surface area contributed by atoms with Crippen LogP contribution in [0.5, 0.6) is 0 Å². The van der Waals surface area contributed by atoms with E-state index in [0.29, 0.717) is 16.7 Å². The summed E-state index contributed by atoms with van der Waals surface area (Å²) in [6, 6.07) is 9.06. The number of nitrogens with one attached hydrogen (secondary N) is 3. The number of carbonyl (C=O) groups excluding carboxylic acids is 1. The van der Waals surface area contributed by atoms with Crippen molar-refractivity contribution in [2.45, 2.75) is 0 Å². The van der Waals surface area contributed by atoms with E-state index < -0.39 is 0 Å². The number of thiophene rings is 1. The van der Waals surface area contributed by atoms with Crippen LogP contribution >= 0.6 is 11.3 Å². The van der Waals surface area contributed by atoms with Crippen LogP contribution in [0, 0.1) is 0 Å². The Morgan fingerprint density at radius 2 is 2.05 bits per heavy atom. The maximum atomic E-state index is 11.8. The highest BCUT2D eigenvalue weighted by Gasteiger charge is 2.02. The van der Waals surface area contributed by atoms with E-state index in [2.05, 4.69) is 15.3 Å². The maximum absolute atomic E-state index is 11.8. The van der Waals surface area contributed by atoms with Crippen LogP contribution in [-0.4, -0.2) is 15.9 Å². The molecule has 0 aliphatic carbocycles. The van der Waals surface area contributed by atoms with Gasteiger partial charge in [-0.15, -0.1) is 11.3 Å². The van der Waals surface area contributed by atoms with E-state index in [4.69, 9.17) is 0 Å². The molecule has 6 heteroatoms. The van der Waals surface area contributed by atoms with Crippen molar-refractivity contribution < 1.29 is 4.79 Å². The zero-order valence-corrected chi connectivity index (χ0v) is 11.2. The lowest BCUT2D eigenvalue weighted by molar-refractivity contribution is -0.111. The SMILES string of the molecule is O=C(/C=C/c1cccs1)Nc1ccc2[nH]c(=O)[nH]c2c1. The lowest BCUT2D eigenvalue weighted by Crippen LogP contribution is -2.07. The highest BCUT2D eigenvalue weighted by molar-refractivity contribution is 7.10. The molecule has 3 rings (SSSR count). The fraction of sp³-hybridized carbons (Fsp3) is 0. The first-order chi connectivity index (χ1) is 9.70. The molecule has 0 aliphatic rings. The molecule has 1 aromatic carbocycles. The molecule has 0 radical (unpaired) electrons. The van der Waals surface area contributed by atoms with Crippen molar-refractivity contribution in [3.63, 3.8) is 0 Å². The Balaban J connectivity index is 1.75. The Kier molecular flexibility index (Phi) is 3.22. The van der Waals surface area contributed by atoms with Crippen molar-refractivity contribution in [2.75, 3.05) is 5.32 Å². The number of amides is 1. The first-order valence-corrected chi connectivity index (χ1v) is 6.83. The Hall–Kier alpha value is -2.60. The monoisotopic (exact) mass is 285 g/mol. The number of anilines is 1. The average molecular weight is 285 g/mol. The summed E-state index contributed by atoms with van der Waals surface area (Å²) in [5.74, 6) is -0.212. The first kappa shape index (κ1) is 12.4. The molecule has 0 atom stereocenters. The average Bonchev–Trinajstić information content (AvgIpc) is 3.04. The molecule has 0 saturated carbocycles. The van der Waals surface area contributed by atoms with Crippen molar-refractivity contribution in [3.05, 3.63) is 57.1 Å². The molecule has 0 aliphatic heterocycles. The zero-order valence-electron chi connectivity index (χ0n) is 10.3. The van der Waals surface area contributed by atoms with Crippen LogP contribution in [0.4, 0.5) is 5.69 Å². The van der Waals surface area contributed by atoms with Gasteiger partial charge >= 0.3 is 5.69 Å². The quantitative estimate of drug-likeness (QED) is 0.647. The minimum atomic E-state index is -0.263. The Labute approximate surface area is 118 Å². The lowest BCUT2D eigenvalue weighted by atomic mass is 10.2. The molecule has 3 N–H and O–H groups in total. The second kappa shape index (κ2) is 5.18. The van der Waals surface area contributed by atoms with E-state index in [1.807, 2.05) is 17.5 Å². The number of hydrogen-bond donors (Lipinski definition) is 3. The molecular weight excluding hydrogens is 274 g/mol. The minimum Gasteiger partial charge on any atom is -0.322 e. The van der Waals surface area contributed by atoms with Gasteiger partial charge in [0.1, 0.15) is 0 Å². The highest BCUT2D eigenvalue weighted by Crippen LogP contribution is 2.15. The van der Waals surface area contributed by atoms with Crippen LogP contribution in [0.25, 0.3) is 17.1 Å². The van der Waals surface area contributed by atoms with E-state index in [9.17, 15) is 9.59 Å². The molecular formula is C14H11N3O2S. The van der Waals surface area contributed by atoms with Crippen molar-refractivity contribution in [1.82, 2.24) is 9.97 Å². The van der Waals surface area contributed by atoms with Crippen molar-refractivity contribution in [3.8, 4) is 0 Å². The van der Waals surface area contributed by atoms with Gasteiger partial charge in [0, 0.05) is 16.6 Å². The molecule has 100 valence electrons. The largest absolute Gasteiger partial charge is 0.323 e. The van der Waals surface area contributed by atoms with Crippen molar-refractivity contribution in [2.24, 2.45) is 0 Å². The zero-order chi connectivity index (χ0) is 13.9. The number of fused-ring (bicyclic) bond motifs is 1. The summed E-state index contributed by atoms with van der Waals surface area (Å²) < 4.78 is 0. The minimum absolute atomic E-state index is 0.212. The van der Waals surface area contributed by atoms with Crippen LogP contribution in [0.15, 0.2) is 46.6 Å². The fourth-order valence-corrected chi connectivity index (χ4v) is 2.46. The topological polar surface area (TPSA) is 77.8 Å². The molecule has 0 unspecified atom stereocenters. The Morgan fingerprint density at radius 1 is 1.20 bits per heavy atom. The molecule has 5 nitrogen and oxygen atoms in total. The van der Waals surface area contributed by atoms with E-state index in [1.54, 1.807) is 35.6 Å². The van der Waals surface area contributed by atoms with Gasteiger partial charge < -0.3 is 15.3 Å². The predicted molar refractivity (Wildman–Crippen MR) is 80.9 cm³/mol. The van der Waals surface area contributed by atoms with Gasteiger partial charge in [-0.05, 0) is 35.7 Å². The number of benzene rings is 1. The van der Waals surface area contributed by atoms with E-state index in [-0.39, 0.29) is 11.6 Å². The van der Waals surface area contributed by atoms with Crippen LogP contribution in [-0.2, 0) is 4.79 Å². The summed E-state index contributed by atoms with van der Waals surface area (Å²) in [4.78, 5) is 29.2. The summed E-state index contributed by atoms with van der Waals surface area (Å²) in [5, 5.41) is 4.70. The van der Waals surface area contributed by atoms with E-state index in [1.165, 1.54) is 6.08 Å². The van der Waals surface area contributed by atoms with Gasteiger partial charge in [-0.2, -0.15) is 0 Å².